The Morgan fingerprint density at radius 3 is 2.65 bits per heavy atom. The number of nitrogens with zero attached hydrogens (tertiary/aromatic N) is 5. The number of hydrogen-bond donors (Lipinski definition) is 2. The molecule has 1 aliphatic rings. The van der Waals surface area contributed by atoms with Crippen LogP contribution in [-0.4, -0.2) is 54.1 Å². The van der Waals surface area contributed by atoms with Gasteiger partial charge in [0.25, 0.3) is 17.4 Å². The van der Waals surface area contributed by atoms with Crippen molar-refractivity contribution in [3.8, 4) is 5.75 Å². The van der Waals surface area contributed by atoms with E-state index in [0.717, 1.165) is 4.57 Å². The van der Waals surface area contributed by atoms with Crippen LogP contribution in [0.1, 0.15) is 44.8 Å². The first-order valence-corrected chi connectivity index (χ1v) is 10.3. The molecule has 3 heterocycles. The van der Waals surface area contributed by atoms with Crippen molar-refractivity contribution in [3.63, 3.8) is 0 Å². The monoisotopic (exact) mass is 470 g/mol. The van der Waals surface area contributed by atoms with Crippen molar-refractivity contribution in [2.45, 2.75) is 25.2 Å². The lowest BCUT2D eigenvalue weighted by atomic mass is 10.1. The number of alkyl halides is 1. The van der Waals surface area contributed by atoms with Crippen LogP contribution in [0.5, 0.6) is 5.75 Å². The van der Waals surface area contributed by atoms with E-state index in [4.69, 9.17) is 0 Å². The van der Waals surface area contributed by atoms with Gasteiger partial charge in [0.1, 0.15) is 23.5 Å². The Hall–Kier alpha value is -4.22. The minimum absolute atomic E-state index is 0.0114. The van der Waals surface area contributed by atoms with Gasteiger partial charge in [0.2, 0.25) is 5.75 Å². The van der Waals surface area contributed by atoms with Crippen LogP contribution in [0.15, 0.2) is 47.7 Å². The molecule has 10 nitrogen and oxygen atoms in total. The van der Waals surface area contributed by atoms with Gasteiger partial charge >= 0.3 is 0 Å². The normalized spacial score (nSPS) is 17.6. The number of amides is 2. The first-order chi connectivity index (χ1) is 16.3. The van der Waals surface area contributed by atoms with E-state index in [1.54, 1.807) is 0 Å². The van der Waals surface area contributed by atoms with Crippen molar-refractivity contribution < 1.29 is 23.5 Å². The van der Waals surface area contributed by atoms with Gasteiger partial charge in [-0.15, -0.1) is 0 Å². The van der Waals surface area contributed by atoms with Gasteiger partial charge in [-0.25, -0.2) is 18.7 Å². The summed E-state index contributed by atoms with van der Waals surface area (Å²) in [4.78, 5) is 51.4. The van der Waals surface area contributed by atoms with Crippen LogP contribution in [0.25, 0.3) is 0 Å². The lowest BCUT2D eigenvalue weighted by Crippen LogP contribution is -2.37. The molecule has 34 heavy (non-hydrogen) atoms. The molecular formula is C22H20F2N6O4. The predicted molar refractivity (Wildman–Crippen MR) is 114 cm³/mol. The van der Waals surface area contributed by atoms with Crippen LogP contribution in [0.4, 0.5) is 8.78 Å². The molecule has 4 rings (SSSR count). The molecule has 2 amide bonds. The maximum atomic E-state index is 14.4. The Morgan fingerprint density at radius 2 is 1.97 bits per heavy atom. The molecular weight excluding hydrogens is 450 g/mol. The predicted octanol–water partition coefficient (Wildman–Crippen LogP) is 1.27. The first-order valence-electron chi connectivity index (χ1n) is 10.3. The molecule has 0 bridgehead atoms. The fourth-order valence-electron chi connectivity index (χ4n) is 3.74. The number of carbonyl (C=O) groups excluding carboxylic acids is 2. The van der Waals surface area contributed by atoms with Crippen molar-refractivity contribution in [2.75, 3.05) is 6.54 Å². The van der Waals surface area contributed by atoms with Gasteiger partial charge in [-0.1, -0.05) is 12.1 Å². The highest BCUT2D eigenvalue weighted by Crippen LogP contribution is 2.33. The van der Waals surface area contributed by atoms with Gasteiger partial charge in [-0.05, 0) is 17.7 Å². The third-order valence-corrected chi connectivity index (χ3v) is 5.47. The van der Waals surface area contributed by atoms with Crippen LogP contribution < -0.4 is 10.9 Å². The molecule has 3 aromatic rings. The maximum Gasteiger partial charge on any atom is 0.296 e. The van der Waals surface area contributed by atoms with Crippen LogP contribution in [0.2, 0.25) is 0 Å². The zero-order valence-electron chi connectivity index (χ0n) is 18.0. The van der Waals surface area contributed by atoms with E-state index in [-0.39, 0.29) is 31.0 Å². The van der Waals surface area contributed by atoms with Crippen LogP contribution in [0.3, 0.4) is 0 Å². The van der Waals surface area contributed by atoms with Crippen LogP contribution in [-0.2, 0) is 13.6 Å². The highest BCUT2D eigenvalue weighted by atomic mass is 19.1. The summed E-state index contributed by atoms with van der Waals surface area (Å²) in [7, 11) is 1.31. The summed E-state index contributed by atoms with van der Waals surface area (Å²) in [6.45, 7) is -0.277. The molecule has 0 unspecified atom stereocenters. The van der Waals surface area contributed by atoms with Gasteiger partial charge in [0.15, 0.2) is 5.69 Å². The van der Waals surface area contributed by atoms with Crippen molar-refractivity contribution in [3.05, 3.63) is 81.8 Å². The third kappa shape index (κ3) is 4.47. The van der Waals surface area contributed by atoms with Gasteiger partial charge < -0.3 is 15.3 Å². The van der Waals surface area contributed by atoms with Gasteiger partial charge in [0, 0.05) is 32.4 Å². The number of halogens is 2. The number of hydrogen-bond acceptors (Lipinski definition) is 7. The highest BCUT2D eigenvalue weighted by molar-refractivity contribution is 5.95. The SMILES string of the molecule is Cn1c([C@@H]2C[C@H](F)CN2C(=O)c2cnccn2)nc(C(=O)NCc2ccc(F)cc2)c(O)c1=O. The van der Waals surface area contributed by atoms with Crippen LogP contribution in [0, 0.1) is 5.82 Å². The van der Waals surface area contributed by atoms with Crippen molar-refractivity contribution in [1.82, 2.24) is 29.7 Å². The zero-order chi connectivity index (χ0) is 24.4. The molecule has 12 heteroatoms. The summed E-state index contributed by atoms with van der Waals surface area (Å²) in [5.74, 6) is -2.85. The van der Waals surface area contributed by atoms with Crippen molar-refractivity contribution in [2.24, 2.45) is 7.05 Å². The van der Waals surface area contributed by atoms with Crippen LogP contribution >= 0.6 is 0 Å². The van der Waals surface area contributed by atoms with E-state index in [1.165, 1.54) is 54.8 Å². The lowest BCUT2D eigenvalue weighted by molar-refractivity contribution is 0.0713. The second kappa shape index (κ2) is 9.33. The second-order valence-electron chi connectivity index (χ2n) is 7.74. The minimum Gasteiger partial charge on any atom is -0.501 e. The summed E-state index contributed by atoms with van der Waals surface area (Å²) >= 11 is 0. The van der Waals surface area contributed by atoms with Gasteiger partial charge in [-0.3, -0.25) is 23.9 Å². The van der Waals surface area contributed by atoms with E-state index in [9.17, 15) is 28.3 Å². The maximum absolute atomic E-state index is 14.4. The Balaban J connectivity index is 1.65. The Bertz CT molecular complexity index is 1280. The summed E-state index contributed by atoms with van der Waals surface area (Å²) in [5.41, 5.74) is -0.918. The molecule has 0 saturated carbocycles. The molecule has 1 saturated heterocycles. The van der Waals surface area contributed by atoms with E-state index in [1.807, 2.05) is 0 Å². The molecule has 1 fully saturated rings. The summed E-state index contributed by atoms with van der Waals surface area (Å²) < 4.78 is 28.4. The van der Waals surface area contributed by atoms with Crippen molar-refractivity contribution in [1.29, 1.82) is 0 Å². The Morgan fingerprint density at radius 1 is 1.24 bits per heavy atom. The number of rotatable bonds is 5. The van der Waals surface area contributed by atoms with E-state index in [2.05, 4.69) is 20.3 Å². The van der Waals surface area contributed by atoms with Crippen molar-refractivity contribution >= 4 is 11.8 Å². The topological polar surface area (TPSA) is 130 Å². The van der Waals surface area contributed by atoms with E-state index >= 15 is 0 Å². The zero-order valence-corrected chi connectivity index (χ0v) is 18.0. The molecule has 0 radical (unpaired) electrons. The van der Waals surface area contributed by atoms with E-state index < -0.39 is 46.8 Å². The molecule has 2 N–H and O–H groups in total. The molecule has 2 atom stereocenters. The fourth-order valence-corrected chi connectivity index (χ4v) is 3.74. The Kier molecular flexibility index (Phi) is 6.30. The summed E-state index contributed by atoms with van der Waals surface area (Å²) in [6.07, 6.45) is 2.39. The highest BCUT2D eigenvalue weighted by Gasteiger charge is 2.40. The molecule has 1 aromatic carbocycles. The number of carbonyl (C=O) groups is 2. The smallest absolute Gasteiger partial charge is 0.296 e. The number of aromatic nitrogens is 4. The second-order valence-corrected chi connectivity index (χ2v) is 7.74. The number of nitrogens with one attached hydrogen (secondary N) is 1. The average Bonchev–Trinajstić information content (AvgIpc) is 3.23. The first kappa shape index (κ1) is 23.0. The quantitative estimate of drug-likeness (QED) is 0.574. The fraction of sp³-hybridized carbons (Fsp3) is 0.273. The molecule has 0 spiro atoms. The number of aromatic hydroxyl groups is 1. The Labute approximate surface area is 191 Å². The van der Waals surface area contributed by atoms with Gasteiger partial charge in [-0.2, -0.15) is 0 Å². The molecule has 1 aliphatic heterocycles. The number of benzene rings is 1. The van der Waals surface area contributed by atoms with Gasteiger partial charge in [0.05, 0.1) is 18.8 Å². The summed E-state index contributed by atoms with van der Waals surface area (Å²) in [6, 6.07) is 4.40. The third-order valence-electron chi connectivity index (χ3n) is 5.47. The van der Waals surface area contributed by atoms with E-state index in [0.29, 0.717) is 5.56 Å². The molecule has 176 valence electrons. The molecule has 2 aromatic heterocycles. The lowest BCUT2D eigenvalue weighted by Gasteiger charge is -2.25. The average molecular weight is 470 g/mol. The largest absolute Gasteiger partial charge is 0.501 e. The summed E-state index contributed by atoms with van der Waals surface area (Å²) in [5, 5.41) is 12.8. The minimum atomic E-state index is -1.40. The number of likely N-dealkylation sites (tertiary alicyclic amines) is 1. The molecule has 0 aliphatic carbocycles. The standard InChI is InChI=1S/C22H20F2N6O4/c1-29-19(16-8-14(24)11-30(16)21(33)15-10-25-6-7-26-15)28-17(18(31)22(29)34)20(32)27-9-12-2-4-13(23)5-3-12/h2-7,10,14,16,31H,8-9,11H2,1H3,(H,27,32)/t14-,16-/m0/s1.